The largest absolute Gasteiger partial charge is 0.414 e. The number of benzene rings is 2. The number of carbonyl (C=O) groups excluding carboxylic acids is 1. The van der Waals surface area contributed by atoms with Crippen LogP contribution in [0.1, 0.15) is 23.6 Å². The van der Waals surface area contributed by atoms with Crippen molar-refractivity contribution in [2.45, 2.75) is 24.3 Å². The summed E-state index contributed by atoms with van der Waals surface area (Å²) in [5.74, 6) is 1.60. The number of ether oxygens (including phenoxy) is 1. The van der Waals surface area contributed by atoms with Gasteiger partial charge in [0.1, 0.15) is 5.75 Å². The fraction of sp³-hybridized carbons (Fsp3) is 0.350. The Bertz CT molecular complexity index is 675. The number of hydrogen-bond donors (Lipinski definition) is 1. The third-order valence-electron chi connectivity index (χ3n) is 3.90. The lowest BCUT2D eigenvalue weighted by molar-refractivity contribution is 0.172. The number of thioether (sulfide) groups is 1. The van der Waals surface area contributed by atoms with Crippen molar-refractivity contribution >= 4 is 30.3 Å². The second-order valence-corrected chi connectivity index (χ2v) is 7.29. The molecule has 26 heavy (non-hydrogen) atoms. The van der Waals surface area contributed by atoms with Gasteiger partial charge in [0, 0.05) is 25.0 Å². The van der Waals surface area contributed by atoms with E-state index in [9.17, 15) is 4.79 Å². The van der Waals surface area contributed by atoms with Crippen LogP contribution in [0, 0.1) is 6.92 Å². The van der Waals surface area contributed by atoms with Crippen LogP contribution in [0.15, 0.2) is 53.4 Å². The van der Waals surface area contributed by atoms with Crippen LogP contribution in [0.4, 0.5) is 4.79 Å². The standard InChI is InChI=1S/C20H26N2O2S.ClH/c1-15-5-11-18(12-6-15)25-14-13-19(21-2)16-7-9-17(10-8-16)24-20(23)22(3)4;/h5-12,19,21H,13-14H2,1-4H3;1H/t19-;/m0./s1. The first-order valence-electron chi connectivity index (χ1n) is 8.35. The monoisotopic (exact) mass is 394 g/mol. The molecule has 1 amide bonds. The zero-order chi connectivity index (χ0) is 18.2. The highest BCUT2D eigenvalue weighted by molar-refractivity contribution is 7.99. The summed E-state index contributed by atoms with van der Waals surface area (Å²) in [4.78, 5) is 14.3. The molecule has 0 spiro atoms. The fourth-order valence-electron chi connectivity index (χ4n) is 2.37. The normalized spacial score (nSPS) is 11.4. The SMILES string of the molecule is CN[C@@H](CCSc1ccc(C)cc1)c1ccc(OC(=O)N(C)C)cc1.Cl. The number of nitrogens with zero attached hydrogens (tertiary/aromatic N) is 1. The Kier molecular flexibility index (Phi) is 9.55. The van der Waals surface area contributed by atoms with Crippen molar-refractivity contribution in [1.29, 1.82) is 0 Å². The Labute approximate surface area is 166 Å². The van der Waals surface area contributed by atoms with Crippen LogP contribution < -0.4 is 10.1 Å². The fourth-order valence-corrected chi connectivity index (χ4v) is 3.28. The molecule has 0 aliphatic heterocycles. The second kappa shape index (κ2) is 11.1. The molecule has 0 saturated carbocycles. The summed E-state index contributed by atoms with van der Waals surface area (Å²) in [5.41, 5.74) is 2.48. The van der Waals surface area contributed by atoms with Crippen LogP contribution in [0.5, 0.6) is 5.75 Å². The summed E-state index contributed by atoms with van der Waals surface area (Å²) >= 11 is 1.87. The van der Waals surface area contributed by atoms with E-state index in [0.717, 1.165) is 12.2 Å². The molecule has 0 unspecified atom stereocenters. The highest BCUT2D eigenvalue weighted by Gasteiger charge is 2.11. The lowest BCUT2D eigenvalue weighted by atomic mass is 10.0. The molecule has 2 aromatic rings. The third-order valence-corrected chi connectivity index (χ3v) is 4.94. The smallest absolute Gasteiger partial charge is 0.410 e. The van der Waals surface area contributed by atoms with Crippen LogP contribution >= 0.6 is 24.2 Å². The molecule has 0 aliphatic rings. The molecule has 0 saturated heterocycles. The van der Waals surface area contributed by atoms with Gasteiger partial charge in [0.2, 0.25) is 0 Å². The van der Waals surface area contributed by atoms with E-state index in [-0.39, 0.29) is 24.5 Å². The van der Waals surface area contributed by atoms with E-state index in [1.807, 2.05) is 43.1 Å². The molecule has 0 radical (unpaired) electrons. The van der Waals surface area contributed by atoms with E-state index in [4.69, 9.17) is 4.74 Å². The topological polar surface area (TPSA) is 41.6 Å². The third kappa shape index (κ3) is 6.90. The number of rotatable bonds is 7. The van der Waals surface area contributed by atoms with E-state index >= 15 is 0 Å². The van der Waals surface area contributed by atoms with Crippen molar-refractivity contribution in [3.8, 4) is 5.75 Å². The molecule has 0 bridgehead atoms. The Morgan fingerprint density at radius 2 is 1.73 bits per heavy atom. The minimum absolute atomic E-state index is 0. The van der Waals surface area contributed by atoms with Gasteiger partial charge in [-0.3, -0.25) is 0 Å². The van der Waals surface area contributed by atoms with Crippen LogP contribution in [-0.2, 0) is 0 Å². The van der Waals surface area contributed by atoms with Gasteiger partial charge in [-0.15, -0.1) is 24.2 Å². The molecule has 0 aliphatic carbocycles. The Hall–Kier alpha value is -1.69. The predicted molar refractivity (Wildman–Crippen MR) is 112 cm³/mol. The Morgan fingerprint density at radius 1 is 1.12 bits per heavy atom. The van der Waals surface area contributed by atoms with Gasteiger partial charge in [-0.2, -0.15) is 0 Å². The molecule has 4 nitrogen and oxygen atoms in total. The minimum atomic E-state index is -0.368. The lowest BCUT2D eigenvalue weighted by Gasteiger charge is -2.17. The van der Waals surface area contributed by atoms with Gasteiger partial charge >= 0.3 is 6.09 Å². The summed E-state index contributed by atoms with van der Waals surface area (Å²) in [7, 11) is 5.31. The van der Waals surface area contributed by atoms with Gasteiger partial charge in [-0.25, -0.2) is 4.79 Å². The van der Waals surface area contributed by atoms with E-state index in [1.165, 1.54) is 20.9 Å². The average Bonchev–Trinajstić information content (AvgIpc) is 2.61. The molecule has 0 heterocycles. The summed E-state index contributed by atoms with van der Waals surface area (Å²) in [6.07, 6.45) is 0.652. The van der Waals surface area contributed by atoms with E-state index in [0.29, 0.717) is 5.75 Å². The molecule has 0 fully saturated rings. The quantitative estimate of drug-likeness (QED) is 0.676. The highest BCUT2D eigenvalue weighted by atomic mass is 35.5. The van der Waals surface area contributed by atoms with Crippen LogP contribution in [0.2, 0.25) is 0 Å². The number of aryl methyl sites for hydroxylation is 1. The summed E-state index contributed by atoms with van der Waals surface area (Å²) < 4.78 is 5.26. The Morgan fingerprint density at radius 3 is 2.27 bits per heavy atom. The maximum atomic E-state index is 11.6. The molecular formula is C20H27ClN2O2S. The number of hydrogen-bond acceptors (Lipinski definition) is 4. The van der Waals surface area contributed by atoms with Gasteiger partial charge < -0.3 is 15.0 Å². The van der Waals surface area contributed by atoms with E-state index in [2.05, 4.69) is 36.5 Å². The van der Waals surface area contributed by atoms with Crippen molar-refractivity contribution in [3.05, 3.63) is 59.7 Å². The molecular weight excluding hydrogens is 368 g/mol. The first-order valence-corrected chi connectivity index (χ1v) is 9.34. The Balaban J connectivity index is 0.00000338. The summed E-state index contributed by atoms with van der Waals surface area (Å²) in [6.45, 7) is 2.10. The number of nitrogens with one attached hydrogen (secondary N) is 1. The molecule has 1 atom stereocenters. The zero-order valence-electron chi connectivity index (χ0n) is 15.7. The van der Waals surface area contributed by atoms with Crippen molar-refractivity contribution in [1.82, 2.24) is 10.2 Å². The van der Waals surface area contributed by atoms with Crippen molar-refractivity contribution < 1.29 is 9.53 Å². The van der Waals surface area contributed by atoms with Crippen LogP contribution in [-0.4, -0.2) is 37.9 Å². The molecule has 2 rings (SSSR count). The molecule has 1 N–H and O–H groups in total. The molecule has 142 valence electrons. The average molecular weight is 395 g/mol. The maximum Gasteiger partial charge on any atom is 0.414 e. The molecule has 0 aromatic heterocycles. The van der Waals surface area contributed by atoms with Crippen molar-refractivity contribution in [3.63, 3.8) is 0 Å². The number of carbonyl (C=O) groups is 1. The van der Waals surface area contributed by atoms with Gasteiger partial charge in [-0.05, 0) is 56.0 Å². The van der Waals surface area contributed by atoms with Crippen LogP contribution in [0.3, 0.4) is 0 Å². The number of amides is 1. The maximum absolute atomic E-state index is 11.6. The lowest BCUT2D eigenvalue weighted by Crippen LogP contribution is -2.25. The van der Waals surface area contributed by atoms with E-state index < -0.39 is 0 Å². The summed E-state index contributed by atoms with van der Waals surface area (Å²) in [5, 5.41) is 3.36. The highest BCUT2D eigenvalue weighted by Crippen LogP contribution is 2.25. The minimum Gasteiger partial charge on any atom is -0.410 e. The van der Waals surface area contributed by atoms with Gasteiger partial charge in [0.25, 0.3) is 0 Å². The van der Waals surface area contributed by atoms with Gasteiger partial charge in [-0.1, -0.05) is 29.8 Å². The molecule has 6 heteroatoms. The second-order valence-electron chi connectivity index (χ2n) is 6.12. The zero-order valence-corrected chi connectivity index (χ0v) is 17.3. The van der Waals surface area contributed by atoms with Gasteiger partial charge in [0.05, 0.1) is 0 Å². The number of halogens is 1. The van der Waals surface area contributed by atoms with Crippen molar-refractivity contribution in [2.24, 2.45) is 0 Å². The summed E-state index contributed by atoms with van der Waals surface area (Å²) in [6, 6.07) is 16.6. The van der Waals surface area contributed by atoms with Crippen LogP contribution in [0.25, 0.3) is 0 Å². The van der Waals surface area contributed by atoms with Gasteiger partial charge in [0.15, 0.2) is 0 Å². The predicted octanol–water partition coefficient (Wildman–Crippen LogP) is 4.92. The van der Waals surface area contributed by atoms with Crippen molar-refractivity contribution in [2.75, 3.05) is 26.9 Å². The first-order chi connectivity index (χ1) is 12.0. The van der Waals surface area contributed by atoms with E-state index in [1.54, 1.807) is 14.1 Å². The first kappa shape index (κ1) is 22.4. The molecule has 2 aromatic carbocycles.